The second-order valence-electron chi connectivity index (χ2n) is 5.86. The summed E-state index contributed by atoms with van der Waals surface area (Å²) in [7, 11) is 0. The fourth-order valence-electron chi connectivity index (χ4n) is 2.41. The highest BCUT2D eigenvalue weighted by atomic mass is 16.5. The van der Waals surface area contributed by atoms with E-state index in [0.717, 1.165) is 12.8 Å². The lowest BCUT2D eigenvalue weighted by atomic mass is 10.1. The van der Waals surface area contributed by atoms with Gasteiger partial charge >= 0.3 is 5.97 Å². The molecule has 120 valence electrons. The maximum absolute atomic E-state index is 11.1. The summed E-state index contributed by atoms with van der Waals surface area (Å²) < 4.78 is 5.14. The molecule has 0 unspecified atom stereocenters. The number of unbranched alkanes of at least 4 members (excludes halogenated alkanes) is 11. The number of carbonyl (C=O) groups is 1. The molecule has 2 nitrogen and oxygen atoms in total. The van der Waals surface area contributed by atoms with Crippen molar-refractivity contribution >= 4 is 5.97 Å². The first-order valence-electron chi connectivity index (χ1n) is 8.96. The Hall–Kier alpha value is -0.530. The van der Waals surface area contributed by atoms with Crippen LogP contribution in [0, 0.1) is 0 Å². The second kappa shape index (κ2) is 16.5. The zero-order valence-corrected chi connectivity index (χ0v) is 13.9. The van der Waals surface area contributed by atoms with Crippen LogP contribution in [0.25, 0.3) is 0 Å². The Labute approximate surface area is 126 Å². The van der Waals surface area contributed by atoms with E-state index in [2.05, 4.69) is 6.92 Å². The van der Waals surface area contributed by atoms with Gasteiger partial charge in [0.25, 0.3) is 0 Å². The lowest BCUT2D eigenvalue weighted by Gasteiger charge is -2.04. The van der Waals surface area contributed by atoms with Crippen molar-refractivity contribution in [3.05, 3.63) is 0 Å². The highest BCUT2D eigenvalue weighted by Gasteiger charge is 1.99. The van der Waals surface area contributed by atoms with Gasteiger partial charge in [-0.1, -0.05) is 84.5 Å². The van der Waals surface area contributed by atoms with E-state index >= 15 is 0 Å². The normalized spacial score (nSPS) is 10.7. The summed E-state index contributed by atoms with van der Waals surface area (Å²) in [5.41, 5.74) is 0. The molecule has 0 aromatic heterocycles. The van der Waals surface area contributed by atoms with Gasteiger partial charge in [-0.25, -0.2) is 0 Å². The summed E-state index contributed by atoms with van der Waals surface area (Å²) in [4.78, 5) is 11.1. The van der Waals surface area contributed by atoms with Crippen LogP contribution in [0.3, 0.4) is 0 Å². The van der Waals surface area contributed by atoms with Crippen molar-refractivity contribution in [1.29, 1.82) is 0 Å². The Morgan fingerprint density at radius 3 is 1.55 bits per heavy atom. The number of rotatable bonds is 15. The van der Waals surface area contributed by atoms with Gasteiger partial charge in [0.15, 0.2) is 0 Å². The Morgan fingerprint density at radius 2 is 1.10 bits per heavy atom. The van der Waals surface area contributed by atoms with E-state index in [9.17, 15) is 4.79 Å². The Morgan fingerprint density at radius 1 is 0.650 bits per heavy atom. The van der Waals surface area contributed by atoms with Crippen LogP contribution in [-0.4, -0.2) is 12.6 Å². The van der Waals surface area contributed by atoms with Gasteiger partial charge in [0.2, 0.25) is 0 Å². The predicted octanol–water partition coefficient (Wildman–Crippen LogP) is 6.03. The average Bonchev–Trinajstić information content (AvgIpc) is 2.44. The summed E-state index contributed by atoms with van der Waals surface area (Å²) >= 11 is 0. The fourth-order valence-corrected chi connectivity index (χ4v) is 2.41. The Balaban J connectivity index is 3.01. The zero-order chi connectivity index (χ0) is 14.9. The number of ether oxygens (including phenoxy) is 1. The molecule has 20 heavy (non-hydrogen) atoms. The summed E-state index contributed by atoms with van der Waals surface area (Å²) in [5, 5.41) is 0. The number of hydrogen-bond acceptors (Lipinski definition) is 2. The van der Waals surface area contributed by atoms with E-state index < -0.39 is 0 Å². The summed E-state index contributed by atoms with van der Waals surface area (Å²) in [6, 6.07) is 0. The van der Waals surface area contributed by atoms with Crippen LogP contribution >= 0.6 is 0 Å². The van der Waals surface area contributed by atoms with Crippen LogP contribution in [0.4, 0.5) is 0 Å². The SMILES string of the molecule is CCCCCCCCCCCCCCOC(=O)CCC. The van der Waals surface area contributed by atoms with Gasteiger partial charge in [-0.2, -0.15) is 0 Å². The van der Waals surface area contributed by atoms with Crippen LogP contribution in [-0.2, 0) is 9.53 Å². The molecule has 0 heterocycles. The van der Waals surface area contributed by atoms with E-state index in [0.29, 0.717) is 13.0 Å². The summed E-state index contributed by atoms with van der Waals surface area (Å²) in [6.07, 6.45) is 17.5. The van der Waals surface area contributed by atoms with E-state index in [1.807, 2.05) is 6.92 Å². The minimum atomic E-state index is -0.0319. The first kappa shape index (κ1) is 19.5. The highest BCUT2D eigenvalue weighted by molar-refractivity contribution is 5.69. The van der Waals surface area contributed by atoms with E-state index in [1.54, 1.807) is 0 Å². The molecule has 0 aliphatic rings. The monoisotopic (exact) mass is 284 g/mol. The number of hydrogen-bond donors (Lipinski definition) is 0. The van der Waals surface area contributed by atoms with Crippen LogP contribution < -0.4 is 0 Å². The number of esters is 1. The number of carbonyl (C=O) groups excluding carboxylic acids is 1. The first-order valence-corrected chi connectivity index (χ1v) is 8.96. The lowest BCUT2D eigenvalue weighted by molar-refractivity contribution is -0.143. The quantitative estimate of drug-likeness (QED) is 0.271. The van der Waals surface area contributed by atoms with Crippen LogP contribution in [0.5, 0.6) is 0 Å². The Bertz CT molecular complexity index is 202. The van der Waals surface area contributed by atoms with Crippen molar-refractivity contribution in [3.63, 3.8) is 0 Å². The van der Waals surface area contributed by atoms with Crippen molar-refractivity contribution in [2.45, 2.75) is 104 Å². The van der Waals surface area contributed by atoms with Gasteiger partial charge in [-0.05, 0) is 12.8 Å². The van der Waals surface area contributed by atoms with Gasteiger partial charge in [0, 0.05) is 6.42 Å². The molecule has 0 aromatic carbocycles. The van der Waals surface area contributed by atoms with E-state index in [1.165, 1.54) is 70.6 Å². The zero-order valence-electron chi connectivity index (χ0n) is 13.9. The summed E-state index contributed by atoms with van der Waals surface area (Å²) in [5.74, 6) is -0.0319. The Kier molecular flexibility index (Phi) is 16.1. The molecule has 0 amide bonds. The smallest absolute Gasteiger partial charge is 0.305 e. The fraction of sp³-hybridized carbons (Fsp3) is 0.944. The third kappa shape index (κ3) is 15.5. The van der Waals surface area contributed by atoms with Crippen LogP contribution in [0.2, 0.25) is 0 Å². The molecule has 0 bridgehead atoms. The molecule has 0 fully saturated rings. The molecule has 0 aromatic rings. The maximum Gasteiger partial charge on any atom is 0.305 e. The molecule has 0 aliphatic heterocycles. The highest BCUT2D eigenvalue weighted by Crippen LogP contribution is 2.11. The van der Waals surface area contributed by atoms with Crippen molar-refractivity contribution < 1.29 is 9.53 Å². The largest absolute Gasteiger partial charge is 0.466 e. The predicted molar refractivity (Wildman–Crippen MR) is 86.9 cm³/mol. The van der Waals surface area contributed by atoms with Gasteiger partial charge in [-0.15, -0.1) is 0 Å². The van der Waals surface area contributed by atoms with E-state index in [4.69, 9.17) is 4.74 Å². The average molecular weight is 284 g/mol. The van der Waals surface area contributed by atoms with Crippen molar-refractivity contribution in [3.8, 4) is 0 Å². The first-order chi connectivity index (χ1) is 9.81. The van der Waals surface area contributed by atoms with Gasteiger partial charge < -0.3 is 4.74 Å². The molecule has 0 radical (unpaired) electrons. The molecule has 0 atom stereocenters. The molecule has 0 saturated carbocycles. The maximum atomic E-state index is 11.1. The molecule has 0 aliphatic carbocycles. The van der Waals surface area contributed by atoms with Gasteiger partial charge in [-0.3, -0.25) is 4.79 Å². The van der Waals surface area contributed by atoms with Crippen molar-refractivity contribution in [2.24, 2.45) is 0 Å². The molecule has 0 rings (SSSR count). The van der Waals surface area contributed by atoms with Crippen LogP contribution in [0.15, 0.2) is 0 Å². The molecular weight excluding hydrogens is 248 g/mol. The minimum absolute atomic E-state index is 0.0319. The standard InChI is InChI=1S/C18H36O2/c1-3-5-6-7-8-9-10-11-12-13-14-15-17-20-18(19)16-4-2/h3-17H2,1-2H3. The minimum Gasteiger partial charge on any atom is -0.466 e. The van der Waals surface area contributed by atoms with E-state index in [-0.39, 0.29) is 5.97 Å². The molecule has 0 saturated heterocycles. The van der Waals surface area contributed by atoms with Gasteiger partial charge in [0.05, 0.1) is 6.61 Å². The van der Waals surface area contributed by atoms with Crippen LogP contribution in [0.1, 0.15) is 104 Å². The van der Waals surface area contributed by atoms with Crippen molar-refractivity contribution in [2.75, 3.05) is 6.61 Å². The molecule has 2 heteroatoms. The van der Waals surface area contributed by atoms with Gasteiger partial charge in [0.1, 0.15) is 0 Å². The van der Waals surface area contributed by atoms with Crippen molar-refractivity contribution in [1.82, 2.24) is 0 Å². The topological polar surface area (TPSA) is 26.3 Å². The lowest BCUT2D eigenvalue weighted by Crippen LogP contribution is -2.04. The molecule has 0 N–H and O–H groups in total. The summed E-state index contributed by atoms with van der Waals surface area (Å²) in [6.45, 7) is 4.89. The molecule has 0 spiro atoms. The third-order valence-corrected chi connectivity index (χ3v) is 3.72. The third-order valence-electron chi connectivity index (χ3n) is 3.72. The molecular formula is C18H36O2. The second-order valence-corrected chi connectivity index (χ2v) is 5.86.